The first-order valence-corrected chi connectivity index (χ1v) is 6.87. The predicted octanol–water partition coefficient (Wildman–Crippen LogP) is 2.38. The molecule has 0 radical (unpaired) electrons. The van der Waals surface area contributed by atoms with E-state index in [0.29, 0.717) is 5.56 Å². The van der Waals surface area contributed by atoms with Crippen LogP contribution in [0.4, 0.5) is 0 Å². The lowest BCUT2D eigenvalue weighted by Crippen LogP contribution is -2.28. The summed E-state index contributed by atoms with van der Waals surface area (Å²) in [5, 5.41) is 7.16. The van der Waals surface area contributed by atoms with E-state index < -0.39 is 0 Å². The monoisotopic (exact) mass is 275 g/mol. The van der Waals surface area contributed by atoms with Crippen LogP contribution in [-0.4, -0.2) is 25.7 Å². The van der Waals surface area contributed by atoms with Gasteiger partial charge in [0.25, 0.3) is 5.91 Å². The molecule has 0 aliphatic rings. The summed E-state index contributed by atoms with van der Waals surface area (Å²) in [6.45, 7) is 8.00. The topological polar surface area (TPSA) is 75.6 Å². The highest BCUT2D eigenvalue weighted by Crippen LogP contribution is 2.14. The summed E-state index contributed by atoms with van der Waals surface area (Å²) in [4.78, 5) is 19.7. The van der Waals surface area contributed by atoms with Crippen molar-refractivity contribution < 1.29 is 4.79 Å². The molecular weight excluding hydrogens is 254 g/mol. The van der Waals surface area contributed by atoms with Crippen LogP contribution < -0.4 is 5.32 Å². The first-order valence-electron chi connectivity index (χ1n) is 6.87. The van der Waals surface area contributed by atoms with Gasteiger partial charge < -0.3 is 10.3 Å². The molecule has 0 aliphatic carbocycles. The largest absolute Gasteiger partial charge is 0.344 e. The minimum absolute atomic E-state index is 0.112. The Hall–Kier alpha value is -2.11. The predicted molar refractivity (Wildman–Crippen MR) is 76.4 cm³/mol. The number of carbonyl (C=O) groups is 1. The molecule has 2 N–H and O–H groups in total. The number of carbonyl (C=O) groups excluding carboxylic acids is 1. The number of aromatic amines is 1. The number of H-pyrrole nitrogens is 1. The molecule has 0 fully saturated rings. The number of hydrogen-bond acceptors (Lipinski definition) is 3. The van der Waals surface area contributed by atoms with Crippen molar-refractivity contribution in [3.63, 3.8) is 0 Å². The van der Waals surface area contributed by atoms with E-state index >= 15 is 0 Å². The molecule has 0 aromatic carbocycles. The molecule has 2 aromatic heterocycles. The summed E-state index contributed by atoms with van der Waals surface area (Å²) in [5.41, 5.74) is 1.56. The molecule has 1 atom stereocenters. The molecule has 2 aromatic rings. The van der Waals surface area contributed by atoms with Gasteiger partial charge in [-0.15, -0.1) is 0 Å². The van der Waals surface area contributed by atoms with E-state index in [9.17, 15) is 4.79 Å². The standard InChI is InChI=1S/C14H21N5O/c1-5-12(13-15-6-10(4)17-13)18-14(20)11-7-16-19(8-11)9(2)3/h6-9,12H,5H2,1-4H3,(H,15,17)(H,18,20)/t12-/m1/s1. The van der Waals surface area contributed by atoms with E-state index in [1.807, 2.05) is 27.7 Å². The third kappa shape index (κ3) is 3.07. The van der Waals surface area contributed by atoms with Gasteiger partial charge >= 0.3 is 0 Å². The molecular formula is C14H21N5O. The molecule has 20 heavy (non-hydrogen) atoms. The van der Waals surface area contributed by atoms with E-state index in [2.05, 4.69) is 20.4 Å². The molecule has 6 nitrogen and oxygen atoms in total. The second-order valence-corrected chi connectivity index (χ2v) is 5.19. The summed E-state index contributed by atoms with van der Waals surface area (Å²) in [5.74, 6) is 0.660. The lowest BCUT2D eigenvalue weighted by atomic mass is 10.2. The van der Waals surface area contributed by atoms with Gasteiger partial charge in [0.15, 0.2) is 0 Å². The van der Waals surface area contributed by atoms with Crippen molar-refractivity contribution in [2.75, 3.05) is 0 Å². The molecule has 0 saturated heterocycles. The fraction of sp³-hybridized carbons (Fsp3) is 0.500. The van der Waals surface area contributed by atoms with Crippen molar-refractivity contribution in [3.05, 3.63) is 35.7 Å². The second kappa shape index (κ2) is 5.90. The zero-order chi connectivity index (χ0) is 14.7. The van der Waals surface area contributed by atoms with Gasteiger partial charge in [0.05, 0.1) is 17.8 Å². The highest BCUT2D eigenvalue weighted by Gasteiger charge is 2.17. The molecule has 0 bridgehead atoms. The first-order chi connectivity index (χ1) is 9.51. The number of imidazole rings is 1. The van der Waals surface area contributed by atoms with Crippen molar-refractivity contribution in [1.29, 1.82) is 0 Å². The zero-order valence-electron chi connectivity index (χ0n) is 12.3. The maximum absolute atomic E-state index is 12.2. The number of aryl methyl sites for hydroxylation is 1. The van der Waals surface area contributed by atoms with Gasteiger partial charge in [0, 0.05) is 24.1 Å². The Morgan fingerprint density at radius 1 is 1.45 bits per heavy atom. The van der Waals surface area contributed by atoms with Gasteiger partial charge in [0.1, 0.15) is 5.82 Å². The van der Waals surface area contributed by atoms with Crippen LogP contribution in [0.1, 0.15) is 61.2 Å². The lowest BCUT2D eigenvalue weighted by Gasteiger charge is -2.14. The Morgan fingerprint density at radius 2 is 2.20 bits per heavy atom. The summed E-state index contributed by atoms with van der Waals surface area (Å²) < 4.78 is 1.77. The molecule has 6 heteroatoms. The van der Waals surface area contributed by atoms with E-state index in [0.717, 1.165) is 17.9 Å². The Labute approximate surface area is 118 Å². The molecule has 0 saturated carbocycles. The average Bonchev–Trinajstić information content (AvgIpc) is 3.04. The van der Waals surface area contributed by atoms with Crippen LogP contribution in [0.2, 0.25) is 0 Å². The second-order valence-electron chi connectivity index (χ2n) is 5.19. The summed E-state index contributed by atoms with van der Waals surface area (Å²) in [7, 11) is 0. The number of hydrogen-bond donors (Lipinski definition) is 2. The highest BCUT2D eigenvalue weighted by molar-refractivity contribution is 5.93. The molecule has 0 unspecified atom stereocenters. The Morgan fingerprint density at radius 3 is 2.70 bits per heavy atom. The SMILES string of the molecule is CC[C@@H](NC(=O)c1cnn(C(C)C)c1)c1ncc(C)[nH]1. The summed E-state index contributed by atoms with van der Waals surface area (Å²) in [6.07, 6.45) is 5.90. The molecule has 2 heterocycles. The lowest BCUT2D eigenvalue weighted by molar-refractivity contribution is 0.0933. The van der Waals surface area contributed by atoms with Gasteiger partial charge in [-0.05, 0) is 27.2 Å². The molecule has 0 spiro atoms. The van der Waals surface area contributed by atoms with Crippen LogP contribution in [0.5, 0.6) is 0 Å². The minimum Gasteiger partial charge on any atom is -0.344 e. The third-order valence-corrected chi connectivity index (χ3v) is 3.16. The molecule has 1 amide bonds. The van der Waals surface area contributed by atoms with Crippen LogP contribution in [0.25, 0.3) is 0 Å². The summed E-state index contributed by atoms with van der Waals surface area (Å²) >= 11 is 0. The van der Waals surface area contributed by atoms with Crippen molar-refractivity contribution in [2.24, 2.45) is 0 Å². The average molecular weight is 275 g/mol. The van der Waals surface area contributed by atoms with Crippen molar-refractivity contribution in [3.8, 4) is 0 Å². The number of nitrogens with zero attached hydrogens (tertiary/aromatic N) is 3. The molecule has 2 rings (SSSR count). The van der Waals surface area contributed by atoms with E-state index in [1.165, 1.54) is 0 Å². The van der Waals surface area contributed by atoms with Gasteiger partial charge in [-0.2, -0.15) is 5.10 Å². The number of aromatic nitrogens is 4. The Kier molecular flexibility index (Phi) is 4.22. The van der Waals surface area contributed by atoms with Crippen molar-refractivity contribution >= 4 is 5.91 Å². The fourth-order valence-electron chi connectivity index (χ4n) is 1.95. The van der Waals surface area contributed by atoms with Gasteiger partial charge in [-0.25, -0.2) is 4.98 Å². The van der Waals surface area contributed by atoms with Gasteiger partial charge in [0.2, 0.25) is 0 Å². The molecule has 0 aliphatic heterocycles. The smallest absolute Gasteiger partial charge is 0.255 e. The first kappa shape index (κ1) is 14.3. The molecule has 108 valence electrons. The third-order valence-electron chi connectivity index (χ3n) is 3.16. The zero-order valence-corrected chi connectivity index (χ0v) is 12.3. The van der Waals surface area contributed by atoms with Gasteiger partial charge in [-0.3, -0.25) is 9.48 Å². The Bertz CT molecular complexity index is 584. The van der Waals surface area contributed by atoms with Crippen LogP contribution in [0.3, 0.4) is 0 Å². The maximum Gasteiger partial charge on any atom is 0.255 e. The van der Waals surface area contributed by atoms with E-state index in [-0.39, 0.29) is 18.0 Å². The maximum atomic E-state index is 12.2. The number of rotatable bonds is 5. The number of amides is 1. The van der Waals surface area contributed by atoms with Crippen LogP contribution in [-0.2, 0) is 0 Å². The highest BCUT2D eigenvalue weighted by atomic mass is 16.1. The quantitative estimate of drug-likeness (QED) is 0.879. The van der Waals surface area contributed by atoms with E-state index in [4.69, 9.17) is 0 Å². The van der Waals surface area contributed by atoms with Gasteiger partial charge in [-0.1, -0.05) is 6.92 Å². The normalized spacial score (nSPS) is 12.7. The van der Waals surface area contributed by atoms with Crippen LogP contribution in [0, 0.1) is 6.92 Å². The van der Waals surface area contributed by atoms with Crippen LogP contribution in [0.15, 0.2) is 18.6 Å². The van der Waals surface area contributed by atoms with Crippen LogP contribution >= 0.6 is 0 Å². The summed E-state index contributed by atoms with van der Waals surface area (Å²) in [6, 6.07) is 0.129. The Balaban J connectivity index is 2.08. The van der Waals surface area contributed by atoms with E-state index in [1.54, 1.807) is 23.3 Å². The number of nitrogens with one attached hydrogen (secondary N) is 2. The minimum atomic E-state index is -0.127. The fourth-order valence-corrected chi connectivity index (χ4v) is 1.95. The van der Waals surface area contributed by atoms with Crippen molar-refractivity contribution in [2.45, 2.75) is 46.2 Å². The van der Waals surface area contributed by atoms with Crippen molar-refractivity contribution in [1.82, 2.24) is 25.1 Å².